The Morgan fingerprint density at radius 3 is 2.24 bits per heavy atom. The lowest BCUT2D eigenvalue weighted by molar-refractivity contribution is -0.116. The van der Waals surface area contributed by atoms with Crippen LogP contribution in [0.15, 0.2) is 53.4 Å². The van der Waals surface area contributed by atoms with Gasteiger partial charge in [0.1, 0.15) is 0 Å². The number of morpholine rings is 1. The Bertz CT molecular complexity index is 1010. The molecule has 3 rings (SSSR count). The molecular weight excluding hydrogens is 438 g/mol. The maximum absolute atomic E-state index is 12.5. The molecular formula is C25H35N3O4S. The van der Waals surface area contributed by atoms with Crippen LogP contribution in [0, 0.1) is 0 Å². The van der Waals surface area contributed by atoms with Crippen LogP contribution < -0.4 is 10.0 Å². The van der Waals surface area contributed by atoms with Gasteiger partial charge in [-0.3, -0.25) is 9.69 Å². The average molecular weight is 474 g/mol. The highest BCUT2D eigenvalue weighted by Gasteiger charge is 2.18. The van der Waals surface area contributed by atoms with Crippen LogP contribution in [0.5, 0.6) is 0 Å². The first-order valence-electron chi connectivity index (χ1n) is 11.4. The number of benzene rings is 2. The standard InChI is InChI=1S/C25H35N3O4S/c1-25(2,3)21-6-10-23(11-7-21)33(30,31)26-14-12-24(29)27-22-8-4-20(5-9-22)13-15-28-16-18-32-19-17-28/h4-11,26H,12-19H2,1-3H3,(H,27,29). The van der Waals surface area contributed by atoms with Gasteiger partial charge in [-0.1, -0.05) is 45.0 Å². The number of ether oxygens (including phenoxy) is 1. The maximum Gasteiger partial charge on any atom is 0.240 e. The molecule has 8 heteroatoms. The highest BCUT2D eigenvalue weighted by molar-refractivity contribution is 7.89. The minimum Gasteiger partial charge on any atom is -0.379 e. The molecule has 1 saturated heterocycles. The number of carbonyl (C=O) groups is 1. The summed E-state index contributed by atoms with van der Waals surface area (Å²) in [6.07, 6.45) is 1.00. The Balaban J connectivity index is 1.42. The van der Waals surface area contributed by atoms with E-state index in [9.17, 15) is 13.2 Å². The van der Waals surface area contributed by atoms with Crippen molar-refractivity contribution in [2.45, 2.75) is 43.9 Å². The van der Waals surface area contributed by atoms with E-state index in [1.807, 2.05) is 36.4 Å². The normalized spacial score (nSPS) is 15.4. The zero-order valence-corrected chi connectivity index (χ0v) is 20.6. The molecule has 7 nitrogen and oxygen atoms in total. The molecule has 0 aromatic heterocycles. The number of carbonyl (C=O) groups excluding carboxylic acids is 1. The second-order valence-corrected chi connectivity index (χ2v) is 11.1. The molecule has 0 aliphatic carbocycles. The van der Waals surface area contributed by atoms with E-state index in [1.54, 1.807) is 12.1 Å². The van der Waals surface area contributed by atoms with Crippen LogP contribution in [0.4, 0.5) is 5.69 Å². The van der Waals surface area contributed by atoms with E-state index in [4.69, 9.17) is 4.74 Å². The predicted octanol–water partition coefficient (Wildman–Crippen LogP) is 3.17. The van der Waals surface area contributed by atoms with Gasteiger partial charge in [0.2, 0.25) is 15.9 Å². The Morgan fingerprint density at radius 1 is 1.00 bits per heavy atom. The smallest absolute Gasteiger partial charge is 0.240 e. The zero-order valence-electron chi connectivity index (χ0n) is 19.8. The lowest BCUT2D eigenvalue weighted by Crippen LogP contribution is -2.37. The molecule has 1 aliphatic rings. The number of hydrogen-bond acceptors (Lipinski definition) is 5. The Hall–Kier alpha value is -2.26. The fourth-order valence-corrected chi connectivity index (χ4v) is 4.64. The zero-order chi connectivity index (χ0) is 23.9. The molecule has 1 amide bonds. The summed E-state index contributed by atoms with van der Waals surface area (Å²) >= 11 is 0. The quantitative estimate of drug-likeness (QED) is 0.584. The molecule has 1 fully saturated rings. The molecule has 0 saturated carbocycles. The summed E-state index contributed by atoms with van der Waals surface area (Å²) in [5.74, 6) is -0.234. The van der Waals surface area contributed by atoms with E-state index < -0.39 is 10.0 Å². The van der Waals surface area contributed by atoms with Crippen molar-refractivity contribution in [1.82, 2.24) is 9.62 Å². The van der Waals surface area contributed by atoms with Gasteiger partial charge in [-0.05, 0) is 47.2 Å². The number of sulfonamides is 1. The Labute approximate surface area is 197 Å². The molecule has 1 heterocycles. The van der Waals surface area contributed by atoms with Gasteiger partial charge in [0.15, 0.2) is 0 Å². The molecule has 2 aromatic rings. The van der Waals surface area contributed by atoms with Gasteiger partial charge in [-0.2, -0.15) is 0 Å². The van der Waals surface area contributed by atoms with Crippen molar-refractivity contribution >= 4 is 21.6 Å². The summed E-state index contributed by atoms with van der Waals surface area (Å²) in [7, 11) is -3.65. The molecule has 2 aromatic carbocycles. The molecule has 1 aliphatic heterocycles. The van der Waals surface area contributed by atoms with Crippen LogP contribution in [0.1, 0.15) is 38.3 Å². The Kier molecular flexibility index (Phi) is 8.64. The highest BCUT2D eigenvalue weighted by atomic mass is 32.2. The summed E-state index contributed by atoms with van der Waals surface area (Å²) < 4.78 is 32.9. The lowest BCUT2D eigenvalue weighted by Gasteiger charge is -2.26. The topological polar surface area (TPSA) is 87.7 Å². The van der Waals surface area contributed by atoms with Gasteiger partial charge >= 0.3 is 0 Å². The van der Waals surface area contributed by atoms with Gasteiger partial charge in [-0.25, -0.2) is 13.1 Å². The fourth-order valence-electron chi connectivity index (χ4n) is 3.61. The van der Waals surface area contributed by atoms with Gasteiger partial charge in [-0.15, -0.1) is 0 Å². The van der Waals surface area contributed by atoms with Crippen LogP contribution in [0.25, 0.3) is 0 Å². The largest absolute Gasteiger partial charge is 0.379 e. The molecule has 0 spiro atoms. The first-order valence-corrected chi connectivity index (χ1v) is 12.9. The van der Waals surface area contributed by atoms with Crippen molar-refractivity contribution in [3.63, 3.8) is 0 Å². The molecule has 0 atom stereocenters. The van der Waals surface area contributed by atoms with Crippen molar-refractivity contribution in [2.24, 2.45) is 0 Å². The molecule has 0 bridgehead atoms. The lowest BCUT2D eigenvalue weighted by atomic mass is 9.87. The number of amides is 1. The van der Waals surface area contributed by atoms with Gasteiger partial charge < -0.3 is 10.1 Å². The molecule has 33 heavy (non-hydrogen) atoms. The summed E-state index contributed by atoms with van der Waals surface area (Å²) in [5.41, 5.74) is 2.93. The molecule has 2 N–H and O–H groups in total. The number of nitrogens with zero attached hydrogens (tertiary/aromatic N) is 1. The van der Waals surface area contributed by atoms with E-state index in [1.165, 1.54) is 5.56 Å². The minimum absolute atomic E-state index is 0.0345. The number of rotatable bonds is 9. The van der Waals surface area contributed by atoms with Crippen LogP contribution in [0.2, 0.25) is 0 Å². The van der Waals surface area contributed by atoms with Crippen molar-refractivity contribution in [3.05, 3.63) is 59.7 Å². The van der Waals surface area contributed by atoms with E-state index >= 15 is 0 Å². The number of hydrogen-bond donors (Lipinski definition) is 2. The second-order valence-electron chi connectivity index (χ2n) is 9.37. The van der Waals surface area contributed by atoms with Crippen LogP contribution in [0.3, 0.4) is 0 Å². The van der Waals surface area contributed by atoms with Crippen LogP contribution in [-0.2, 0) is 31.4 Å². The maximum atomic E-state index is 12.5. The molecule has 0 radical (unpaired) electrons. The molecule has 180 valence electrons. The SMILES string of the molecule is CC(C)(C)c1ccc(S(=O)(=O)NCCC(=O)Nc2ccc(CCN3CCOCC3)cc2)cc1. The second kappa shape index (κ2) is 11.2. The van der Waals surface area contributed by atoms with E-state index in [0.29, 0.717) is 5.69 Å². The fraction of sp³-hybridized carbons (Fsp3) is 0.480. The summed E-state index contributed by atoms with van der Waals surface area (Å²) in [6, 6.07) is 14.6. The average Bonchev–Trinajstić information content (AvgIpc) is 2.79. The van der Waals surface area contributed by atoms with E-state index in [-0.39, 0.29) is 29.2 Å². The number of nitrogens with one attached hydrogen (secondary N) is 2. The number of anilines is 1. The van der Waals surface area contributed by atoms with Crippen molar-refractivity contribution in [3.8, 4) is 0 Å². The van der Waals surface area contributed by atoms with Gasteiger partial charge in [0.25, 0.3) is 0 Å². The first-order chi connectivity index (χ1) is 15.6. The Morgan fingerprint density at radius 2 is 1.64 bits per heavy atom. The minimum atomic E-state index is -3.65. The summed E-state index contributed by atoms with van der Waals surface area (Å²) in [5, 5.41) is 2.82. The van der Waals surface area contributed by atoms with Crippen molar-refractivity contribution in [1.29, 1.82) is 0 Å². The van der Waals surface area contributed by atoms with Crippen LogP contribution in [-0.4, -0.2) is 58.6 Å². The van der Waals surface area contributed by atoms with Crippen molar-refractivity contribution in [2.75, 3.05) is 44.7 Å². The third-order valence-electron chi connectivity index (χ3n) is 5.73. The monoisotopic (exact) mass is 473 g/mol. The third-order valence-corrected chi connectivity index (χ3v) is 7.21. The highest BCUT2D eigenvalue weighted by Crippen LogP contribution is 2.23. The van der Waals surface area contributed by atoms with Gasteiger partial charge in [0.05, 0.1) is 18.1 Å². The third kappa shape index (κ3) is 7.92. The van der Waals surface area contributed by atoms with Crippen molar-refractivity contribution < 1.29 is 17.9 Å². The van der Waals surface area contributed by atoms with Crippen LogP contribution >= 0.6 is 0 Å². The summed E-state index contributed by atoms with van der Waals surface area (Å²) in [4.78, 5) is 14.8. The van der Waals surface area contributed by atoms with E-state index in [2.05, 4.69) is 35.7 Å². The first kappa shape index (κ1) is 25.4. The van der Waals surface area contributed by atoms with Gasteiger partial charge in [0, 0.05) is 38.3 Å². The van der Waals surface area contributed by atoms with E-state index in [0.717, 1.165) is 44.8 Å². The molecule has 0 unspecified atom stereocenters. The predicted molar refractivity (Wildman–Crippen MR) is 131 cm³/mol. The summed E-state index contributed by atoms with van der Waals surface area (Å²) in [6.45, 7) is 10.8.